The second-order valence-corrected chi connectivity index (χ2v) is 12.7. The van der Waals surface area contributed by atoms with Gasteiger partial charge in [-0.15, -0.1) is 0 Å². The number of carbonyl (C=O) groups is 2. The summed E-state index contributed by atoms with van der Waals surface area (Å²) in [7, 11) is 1.93. The molecule has 0 aliphatic carbocycles. The highest BCUT2D eigenvalue weighted by Gasteiger charge is 2.38. The third-order valence-electron chi connectivity index (χ3n) is 8.71. The smallest absolute Gasteiger partial charge is 0.336 e. The first-order valence-electron chi connectivity index (χ1n) is 17.4. The van der Waals surface area contributed by atoms with Gasteiger partial charge in [-0.05, 0) is 61.2 Å². The number of esters is 2. The maximum absolute atomic E-state index is 13.7. The third-order valence-corrected chi connectivity index (χ3v) is 8.71. The molecule has 1 N–H and O–H groups in total. The van der Waals surface area contributed by atoms with E-state index in [1.165, 1.54) is 23.8 Å². The van der Waals surface area contributed by atoms with Crippen molar-refractivity contribution in [1.82, 2.24) is 15.2 Å². The number of allylic oxidation sites excluding steroid dienone is 2. The number of nitrogens with zero attached hydrogens (tertiary/aromatic N) is 3. The lowest BCUT2D eigenvalue weighted by molar-refractivity contribution is -0.384. The van der Waals surface area contributed by atoms with Crippen LogP contribution in [0, 0.1) is 10.1 Å². The van der Waals surface area contributed by atoms with Crippen molar-refractivity contribution in [3.63, 3.8) is 0 Å². The molecule has 11 heteroatoms. The highest BCUT2D eigenvalue weighted by atomic mass is 16.6. The molecule has 274 valence electrons. The van der Waals surface area contributed by atoms with Crippen molar-refractivity contribution in [2.24, 2.45) is 0 Å². The maximum atomic E-state index is 13.7. The number of carbonyl (C=O) groups excluding carboxylic acids is 2. The Morgan fingerprint density at radius 1 is 0.849 bits per heavy atom. The summed E-state index contributed by atoms with van der Waals surface area (Å²) < 4.78 is 17.1. The van der Waals surface area contributed by atoms with Crippen molar-refractivity contribution in [3.05, 3.63) is 170 Å². The summed E-state index contributed by atoms with van der Waals surface area (Å²) in [4.78, 5) is 44.8. The van der Waals surface area contributed by atoms with Gasteiger partial charge in [-0.3, -0.25) is 20.0 Å². The van der Waals surface area contributed by atoms with Crippen LogP contribution in [-0.4, -0.2) is 66.8 Å². The largest absolute Gasteiger partial charge is 0.461 e. The Morgan fingerprint density at radius 2 is 1.55 bits per heavy atom. The molecule has 1 aliphatic rings. The van der Waals surface area contributed by atoms with Gasteiger partial charge in [0.2, 0.25) is 0 Å². The van der Waals surface area contributed by atoms with E-state index in [0.717, 1.165) is 23.1 Å². The van der Waals surface area contributed by atoms with Gasteiger partial charge in [-0.25, -0.2) is 9.59 Å². The Morgan fingerprint density at radius 3 is 2.23 bits per heavy atom. The van der Waals surface area contributed by atoms with Crippen molar-refractivity contribution in [2.75, 3.05) is 40.0 Å². The highest BCUT2D eigenvalue weighted by molar-refractivity contribution is 6.00. The van der Waals surface area contributed by atoms with E-state index < -0.39 is 22.8 Å². The second-order valence-electron chi connectivity index (χ2n) is 12.7. The number of hydrogen-bond donors (Lipinski definition) is 1. The molecule has 0 saturated heterocycles. The summed E-state index contributed by atoms with van der Waals surface area (Å²) in [6.45, 7) is 5.09. The zero-order chi connectivity index (χ0) is 37.6. The second kappa shape index (κ2) is 19.1. The summed E-state index contributed by atoms with van der Waals surface area (Å²) in [6.07, 6.45) is 8.29. The number of rotatable bonds is 17. The standard InChI is InChI=1S/C42H44N4O7/c1-30-38(41(47)52-23-21-45(3)29-34-10-5-4-6-11-34)40(36-14-7-15-37(27-36)46(49)50)39(31(2)44-30)42(48)53-25-24-51-22-9-13-32-16-18-33(19-17-32)26-35-12-8-20-43-28-35/h4-20,27-28,40,44H,21-26,29H2,1-3H3/b13-9+. The molecule has 0 saturated carbocycles. The molecule has 0 fully saturated rings. The molecule has 3 aromatic carbocycles. The third kappa shape index (κ3) is 11.0. The molecule has 11 nitrogen and oxygen atoms in total. The molecule has 0 amide bonds. The average Bonchev–Trinajstić information content (AvgIpc) is 3.15. The van der Waals surface area contributed by atoms with Crippen LogP contribution in [-0.2, 0) is 36.8 Å². The van der Waals surface area contributed by atoms with Crippen LogP contribution < -0.4 is 5.32 Å². The Balaban J connectivity index is 1.18. The zero-order valence-electron chi connectivity index (χ0n) is 30.2. The van der Waals surface area contributed by atoms with Gasteiger partial charge in [-0.2, -0.15) is 0 Å². The van der Waals surface area contributed by atoms with E-state index >= 15 is 0 Å². The Bertz CT molecular complexity index is 1960. The van der Waals surface area contributed by atoms with Crippen LogP contribution in [0.15, 0.2) is 132 Å². The van der Waals surface area contributed by atoms with E-state index in [2.05, 4.69) is 28.5 Å². The number of non-ortho nitro benzene ring substituents is 1. The van der Waals surface area contributed by atoms with Gasteiger partial charge in [0.25, 0.3) is 5.69 Å². The summed E-state index contributed by atoms with van der Waals surface area (Å²) in [5.74, 6) is -2.26. The van der Waals surface area contributed by atoms with Gasteiger partial charge in [0.15, 0.2) is 0 Å². The number of hydrogen-bond acceptors (Lipinski definition) is 10. The van der Waals surface area contributed by atoms with Crippen LogP contribution in [0.3, 0.4) is 0 Å². The molecule has 1 aromatic heterocycles. The first-order valence-corrected chi connectivity index (χ1v) is 17.4. The topological polar surface area (TPSA) is 133 Å². The van der Waals surface area contributed by atoms with Gasteiger partial charge in [-0.1, -0.05) is 84.9 Å². The average molecular weight is 717 g/mol. The predicted octanol–water partition coefficient (Wildman–Crippen LogP) is 6.76. The minimum Gasteiger partial charge on any atom is -0.461 e. The van der Waals surface area contributed by atoms with Crippen molar-refractivity contribution < 1.29 is 28.7 Å². The molecule has 53 heavy (non-hydrogen) atoms. The molecule has 0 spiro atoms. The van der Waals surface area contributed by atoms with Gasteiger partial charge in [0, 0.05) is 49.0 Å². The molecule has 1 atom stereocenters. The highest BCUT2D eigenvalue weighted by Crippen LogP contribution is 2.40. The van der Waals surface area contributed by atoms with Crippen LogP contribution in [0.1, 0.15) is 47.6 Å². The van der Waals surface area contributed by atoms with Crippen LogP contribution in [0.25, 0.3) is 6.08 Å². The van der Waals surface area contributed by atoms with Crippen LogP contribution in [0.4, 0.5) is 5.69 Å². The number of nitro benzene ring substituents is 1. The monoisotopic (exact) mass is 716 g/mol. The number of nitro groups is 1. The Labute approximate surface area is 309 Å². The summed E-state index contributed by atoms with van der Waals surface area (Å²) in [6, 6.07) is 28.1. The lowest BCUT2D eigenvalue weighted by atomic mass is 9.80. The van der Waals surface area contributed by atoms with E-state index in [9.17, 15) is 19.7 Å². The quantitative estimate of drug-likeness (QED) is 0.0541. The van der Waals surface area contributed by atoms with Gasteiger partial charge in [0.1, 0.15) is 13.2 Å². The van der Waals surface area contributed by atoms with Crippen LogP contribution in [0.5, 0.6) is 0 Å². The number of nitrogens with one attached hydrogen (secondary N) is 1. The lowest BCUT2D eigenvalue weighted by Crippen LogP contribution is -2.33. The maximum Gasteiger partial charge on any atom is 0.336 e. The first-order chi connectivity index (χ1) is 25.7. The van der Waals surface area contributed by atoms with Gasteiger partial charge in [0.05, 0.1) is 35.2 Å². The zero-order valence-corrected chi connectivity index (χ0v) is 30.2. The molecule has 2 heterocycles. The first kappa shape index (κ1) is 38.3. The SMILES string of the molecule is CC1=C(C(=O)OCCOC/C=C/c2ccc(Cc3cccnc3)cc2)C(c2cccc([N+](=O)[O-])c2)C(C(=O)OCCN(C)Cc2ccccc2)=C(C)N1. The molecule has 1 unspecified atom stereocenters. The molecule has 1 aliphatic heterocycles. The van der Waals surface area contributed by atoms with Crippen LogP contribution in [0.2, 0.25) is 0 Å². The molecular weight excluding hydrogens is 672 g/mol. The normalized spacial score (nSPS) is 14.4. The fraction of sp³-hybridized carbons (Fsp3) is 0.262. The fourth-order valence-corrected chi connectivity index (χ4v) is 6.12. The Hall–Kier alpha value is -5.91. The van der Waals surface area contributed by atoms with Crippen molar-refractivity contribution >= 4 is 23.7 Å². The van der Waals surface area contributed by atoms with E-state index in [0.29, 0.717) is 36.7 Å². The van der Waals surface area contributed by atoms with E-state index in [4.69, 9.17) is 14.2 Å². The van der Waals surface area contributed by atoms with E-state index in [-0.39, 0.29) is 36.7 Å². The number of benzene rings is 3. The van der Waals surface area contributed by atoms with Crippen molar-refractivity contribution in [3.8, 4) is 0 Å². The molecule has 0 bridgehead atoms. The number of pyridine rings is 1. The van der Waals surface area contributed by atoms with Crippen LogP contribution >= 0.6 is 0 Å². The fourth-order valence-electron chi connectivity index (χ4n) is 6.12. The summed E-state index contributed by atoms with van der Waals surface area (Å²) in [5, 5.41) is 14.8. The molecule has 4 aromatic rings. The van der Waals surface area contributed by atoms with E-state index in [1.54, 1.807) is 26.1 Å². The number of ether oxygens (including phenoxy) is 3. The number of aromatic nitrogens is 1. The van der Waals surface area contributed by atoms with Crippen molar-refractivity contribution in [2.45, 2.75) is 32.7 Å². The molecule has 5 rings (SSSR count). The summed E-state index contributed by atoms with van der Waals surface area (Å²) in [5.41, 5.74) is 6.03. The predicted molar refractivity (Wildman–Crippen MR) is 202 cm³/mol. The minimum atomic E-state index is -0.960. The number of dihydropyridines is 1. The number of likely N-dealkylation sites (N-methyl/N-ethyl adjacent to an activating group) is 1. The molecule has 0 radical (unpaired) electrons. The van der Waals surface area contributed by atoms with Gasteiger partial charge >= 0.3 is 11.9 Å². The summed E-state index contributed by atoms with van der Waals surface area (Å²) >= 11 is 0. The van der Waals surface area contributed by atoms with E-state index in [1.807, 2.05) is 78.8 Å². The van der Waals surface area contributed by atoms with Crippen molar-refractivity contribution in [1.29, 1.82) is 0 Å². The van der Waals surface area contributed by atoms with Gasteiger partial charge < -0.3 is 19.5 Å². The molecular formula is C42H44N4O7. The Kier molecular flexibility index (Phi) is 13.8. The lowest BCUT2D eigenvalue weighted by Gasteiger charge is -2.30. The minimum absolute atomic E-state index is 0.0373.